The van der Waals surface area contributed by atoms with Crippen molar-refractivity contribution in [3.05, 3.63) is 41.6 Å². The molecule has 2 saturated heterocycles. The number of aryl methyl sites for hydroxylation is 2. The first kappa shape index (κ1) is 20.1. The maximum Gasteiger partial charge on any atom is 0.243 e. The third-order valence-electron chi connectivity index (χ3n) is 5.34. The van der Waals surface area contributed by atoms with E-state index in [4.69, 9.17) is 9.72 Å². The Morgan fingerprint density at radius 3 is 2.17 bits per heavy atom. The summed E-state index contributed by atoms with van der Waals surface area (Å²) >= 11 is 0. The molecule has 1 aromatic carbocycles. The van der Waals surface area contributed by atoms with Crippen LogP contribution >= 0.6 is 0 Å². The van der Waals surface area contributed by atoms with Crippen LogP contribution in [0.15, 0.2) is 35.2 Å². The van der Waals surface area contributed by atoms with Gasteiger partial charge in [0.25, 0.3) is 0 Å². The van der Waals surface area contributed by atoms with E-state index >= 15 is 0 Å². The molecule has 0 spiro atoms. The van der Waals surface area contributed by atoms with Gasteiger partial charge < -0.3 is 14.5 Å². The molecule has 0 N–H and O–H groups in total. The van der Waals surface area contributed by atoms with Crippen molar-refractivity contribution in [1.29, 1.82) is 0 Å². The van der Waals surface area contributed by atoms with Gasteiger partial charge >= 0.3 is 0 Å². The fraction of sp³-hybridized carbons (Fsp3) is 0.500. The molecule has 0 amide bonds. The first-order valence-corrected chi connectivity index (χ1v) is 11.4. The summed E-state index contributed by atoms with van der Waals surface area (Å²) in [6, 6.07) is 9.01. The molecular weight excluding hydrogens is 390 g/mol. The Labute approximate surface area is 172 Å². The number of benzene rings is 1. The monoisotopic (exact) mass is 417 g/mol. The third-order valence-corrected chi connectivity index (χ3v) is 7.26. The van der Waals surface area contributed by atoms with E-state index in [2.05, 4.69) is 14.8 Å². The van der Waals surface area contributed by atoms with Crippen molar-refractivity contribution in [2.24, 2.45) is 0 Å². The highest BCUT2D eigenvalue weighted by Crippen LogP contribution is 2.22. The second kappa shape index (κ2) is 8.25. The lowest BCUT2D eigenvalue weighted by Crippen LogP contribution is -2.49. The van der Waals surface area contributed by atoms with Gasteiger partial charge in [-0.3, -0.25) is 0 Å². The number of ether oxygens (including phenoxy) is 1. The SMILES string of the molecule is Cc1ccc(S(=O)(=O)N2CCN(c3nc(C)cc(N4CCOCC4)n3)CC2)cc1. The number of hydrogen-bond acceptors (Lipinski definition) is 7. The highest BCUT2D eigenvalue weighted by Gasteiger charge is 2.29. The predicted octanol–water partition coefficient (Wildman–Crippen LogP) is 1.44. The van der Waals surface area contributed by atoms with E-state index in [1.807, 2.05) is 32.0 Å². The second-order valence-electron chi connectivity index (χ2n) is 7.47. The zero-order chi connectivity index (χ0) is 20.4. The molecule has 2 aliphatic rings. The van der Waals surface area contributed by atoms with Crippen molar-refractivity contribution in [2.45, 2.75) is 18.7 Å². The lowest BCUT2D eigenvalue weighted by atomic mass is 10.2. The van der Waals surface area contributed by atoms with E-state index in [1.165, 1.54) is 0 Å². The fourth-order valence-electron chi connectivity index (χ4n) is 3.62. The molecule has 156 valence electrons. The van der Waals surface area contributed by atoms with Gasteiger partial charge in [0.05, 0.1) is 18.1 Å². The smallest absolute Gasteiger partial charge is 0.243 e. The molecule has 2 fully saturated rings. The number of piperazine rings is 1. The Bertz CT molecular complexity index is 951. The number of nitrogens with zero attached hydrogens (tertiary/aromatic N) is 5. The summed E-state index contributed by atoms with van der Waals surface area (Å²) in [5, 5.41) is 0. The third kappa shape index (κ3) is 4.36. The van der Waals surface area contributed by atoms with Crippen molar-refractivity contribution in [3.63, 3.8) is 0 Å². The summed E-state index contributed by atoms with van der Waals surface area (Å²) in [7, 11) is -3.47. The Balaban J connectivity index is 1.47. The Hall–Kier alpha value is -2.23. The summed E-state index contributed by atoms with van der Waals surface area (Å²) in [4.78, 5) is 14.0. The van der Waals surface area contributed by atoms with Crippen LogP contribution in [0, 0.1) is 13.8 Å². The number of sulfonamides is 1. The number of anilines is 2. The summed E-state index contributed by atoms with van der Waals surface area (Å²) < 4.78 is 32.8. The van der Waals surface area contributed by atoms with E-state index in [0.29, 0.717) is 50.2 Å². The highest BCUT2D eigenvalue weighted by atomic mass is 32.2. The van der Waals surface area contributed by atoms with Gasteiger partial charge in [-0.05, 0) is 26.0 Å². The Kier molecular flexibility index (Phi) is 5.71. The topological polar surface area (TPSA) is 78.9 Å². The molecular formula is C20H27N5O3S. The van der Waals surface area contributed by atoms with Gasteiger partial charge in [-0.15, -0.1) is 0 Å². The van der Waals surface area contributed by atoms with Crippen molar-refractivity contribution in [2.75, 3.05) is 62.3 Å². The quantitative estimate of drug-likeness (QED) is 0.745. The van der Waals surface area contributed by atoms with E-state index < -0.39 is 10.0 Å². The molecule has 0 bridgehead atoms. The molecule has 0 unspecified atom stereocenters. The molecule has 4 rings (SSSR count). The molecule has 8 nitrogen and oxygen atoms in total. The predicted molar refractivity (Wildman–Crippen MR) is 112 cm³/mol. The van der Waals surface area contributed by atoms with Gasteiger partial charge in [-0.1, -0.05) is 17.7 Å². The largest absolute Gasteiger partial charge is 0.378 e. The van der Waals surface area contributed by atoms with Crippen LogP contribution in [0.5, 0.6) is 0 Å². The molecule has 0 saturated carbocycles. The first-order valence-electron chi connectivity index (χ1n) is 9.94. The maximum atomic E-state index is 12.9. The zero-order valence-corrected chi connectivity index (χ0v) is 17.7. The van der Waals surface area contributed by atoms with Gasteiger partial charge in [0.2, 0.25) is 16.0 Å². The molecule has 0 atom stereocenters. The minimum atomic E-state index is -3.47. The standard InChI is InChI=1S/C20H27N5O3S/c1-16-3-5-18(6-4-16)29(26,27)25-9-7-24(8-10-25)20-21-17(2)15-19(22-20)23-11-13-28-14-12-23/h3-6,15H,7-14H2,1-2H3. The van der Waals surface area contributed by atoms with Crippen molar-refractivity contribution in [1.82, 2.24) is 14.3 Å². The lowest BCUT2D eigenvalue weighted by molar-refractivity contribution is 0.122. The number of rotatable bonds is 4. The second-order valence-corrected chi connectivity index (χ2v) is 9.41. The van der Waals surface area contributed by atoms with Crippen LogP contribution in [-0.2, 0) is 14.8 Å². The van der Waals surface area contributed by atoms with Crippen LogP contribution in [0.25, 0.3) is 0 Å². The highest BCUT2D eigenvalue weighted by molar-refractivity contribution is 7.89. The normalized spacial score (nSPS) is 18.8. The zero-order valence-electron chi connectivity index (χ0n) is 16.9. The molecule has 9 heteroatoms. The van der Waals surface area contributed by atoms with Gasteiger partial charge in [-0.25, -0.2) is 13.4 Å². The van der Waals surface area contributed by atoms with Crippen LogP contribution in [-0.4, -0.2) is 75.2 Å². The number of morpholine rings is 1. The van der Waals surface area contributed by atoms with Crippen molar-refractivity contribution in [3.8, 4) is 0 Å². The Morgan fingerprint density at radius 2 is 1.52 bits per heavy atom. The van der Waals surface area contributed by atoms with Crippen LogP contribution < -0.4 is 9.80 Å². The van der Waals surface area contributed by atoms with E-state index in [0.717, 1.165) is 30.2 Å². The van der Waals surface area contributed by atoms with Crippen molar-refractivity contribution >= 4 is 21.8 Å². The summed E-state index contributed by atoms with van der Waals surface area (Å²) in [6.07, 6.45) is 0. The molecule has 0 radical (unpaired) electrons. The van der Waals surface area contributed by atoms with Crippen molar-refractivity contribution < 1.29 is 13.2 Å². The van der Waals surface area contributed by atoms with E-state index in [9.17, 15) is 8.42 Å². The molecule has 2 aliphatic heterocycles. The van der Waals surface area contributed by atoms with Gasteiger partial charge in [-0.2, -0.15) is 9.29 Å². The molecule has 2 aromatic rings. The molecule has 29 heavy (non-hydrogen) atoms. The fourth-order valence-corrected chi connectivity index (χ4v) is 5.04. The number of aromatic nitrogens is 2. The minimum Gasteiger partial charge on any atom is -0.378 e. The van der Waals surface area contributed by atoms with Gasteiger partial charge in [0, 0.05) is 51.0 Å². The van der Waals surface area contributed by atoms with E-state index in [-0.39, 0.29) is 0 Å². The summed E-state index contributed by atoms with van der Waals surface area (Å²) in [5.74, 6) is 1.57. The molecule has 0 aliphatic carbocycles. The first-order chi connectivity index (χ1) is 13.9. The maximum absolute atomic E-state index is 12.9. The summed E-state index contributed by atoms with van der Waals surface area (Å²) in [5.41, 5.74) is 1.95. The van der Waals surface area contributed by atoms with Crippen LogP contribution in [0.4, 0.5) is 11.8 Å². The van der Waals surface area contributed by atoms with E-state index in [1.54, 1.807) is 16.4 Å². The average Bonchev–Trinajstić information content (AvgIpc) is 2.74. The molecule has 1 aromatic heterocycles. The van der Waals surface area contributed by atoms with Crippen LogP contribution in [0.2, 0.25) is 0 Å². The van der Waals surface area contributed by atoms with Crippen LogP contribution in [0.1, 0.15) is 11.3 Å². The van der Waals surface area contributed by atoms with Crippen LogP contribution in [0.3, 0.4) is 0 Å². The Morgan fingerprint density at radius 1 is 0.862 bits per heavy atom. The average molecular weight is 418 g/mol. The van der Waals surface area contributed by atoms with Gasteiger partial charge in [0.1, 0.15) is 5.82 Å². The number of hydrogen-bond donors (Lipinski definition) is 0. The molecule has 3 heterocycles. The van der Waals surface area contributed by atoms with Gasteiger partial charge in [0.15, 0.2) is 0 Å². The lowest BCUT2D eigenvalue weighted by Gasteiger charge is -2.35. The summed E-state index contributed by atoms with van der Waals surface area (Å²) in [6.45, 7) is 8.92. The minimum absolute atomic E-state index is 0.345.